The summed E-state index contributed by atoms with van der Waals surface area (Å²) in [4.78, 5) is 24.7. The van der Waals surface area contributed by atoms with E-state index in [0.717, 1.165) is 76.0 Å². The van der Waals surface area contributed by atoms with Crippen LogP contribution in [0.3, 0.4) is 0 Å². The van der Waals surface area contributed by atoms with Crippen LogP contribution in [0, 0.1) is 5.92 Å². The van der Waals surface area contributed by atoms with Crippen LogP contribution < -0.4 is 5.32 Å². The van der Waals surface area contributed by atoms with Crippen molar-refractivity contribution < 1.29 is 32.6 Å². The van der Waals surface area contributed by atoms with Gasteiger partial charge >= 0.3 is 18.2 Å². The van der Waals surface area contributed by atoms with E-state index in [0.29, 0.717) is 6.54 Å². The Labute approximate surface area is 178 Å². The Kier molecular flexibility index (Phi) is 9.04. The van der Waals surface area contributed by atoms with Crippen LogP contribution in [0.1, 0.15) is 30.7 Å². The number of urea groups is 1. The third-order valence-corrected chi connectivity index (χ3v) is 5.05. The number of halogens is 3. The molecule has 1 aromatic heterocycles. The minimum Gasteiger partial charge on any atom is -0.475 e. The fraction of sp³-hybridized carbons (Fsp3) is 0.778. The van der Waals surface area contributed by atoms with Crippen molar-refractivity contribution >= 4 is 12.0 Å². The number of ether oxygens (including phenoxy) is 1. The number of hydrogen-bond acceptors (Lipinski definition) is 6. The summed E-state index contributed by atoms with van der Waals surface area (Å²) in [5.74, 6) is -2.04. The van der Waals surface area contributed by atoms with E-state index in [9.17, 15) is 18.0 Å². The molecule has 0 atom stereocenters. The standard InChI is InChI=1S/C16H28N6O2.C2HF3O2/c1-20(2)16(23)17-10-14-15-12-21(6-3-7-22(15)19-18-14)11-13-4-8-24-9-5-13;3-2(4,5)1(6)7/h13H,3-12H2,1-2H3,(H,17,23);(H,6,7). The van der Waals surface area contributed by atoms with E-state index < -0.39 is 12.1 Å². The molecule has 0 aliphatic carbocycles. The molecule has 2 N–H and O–H groups in total. The molecule has 0 spiro atoms. The van der Waals surface area contributed by atoms with Crippen molar-refractivity contribution in [1.82, 2.24) is 30.1 Å². The number of carboxylic acid groups (broad SMARTS) is 1. The summed E-state index contributed by atoms with van der Waals surface area (Å²) < 4.78 is 39.2. The van der Waals surface area contributed by atoms with Crippen LogP contribution in [-0.2, 0) is 29.2 Å². The molecule has 1 aromatic rings. The number of aromatic nitrogens is 3. The summed E-state index contributed by atoms with van der Waals surface area (Å²) in [5, 5.41) is 18.6. The lowest BCUT2D eigenvalue weighted by atomic mass is 9.99. The van der Waals surface area contributed by atoms with Crippen molar-refractivity contribution in [2.24, 2.45) is 5.92 Å². The van der Waals surface area contributed by atoms with Crippen LogP contribution in [0.4, 0.5) is 18.0 Å². The van der Waals surface area contributed by atoms with Crippen molar-refractivity contribution in [3.05, 3.63) is 11.4 Å². The van der Waals surface area contributed by atoms with E-state index in [2.05, 4.69) is 20.5 Å². The highest BCUT2D eigenvalue weighted by atomic mass is 19.4. The second-order valence-electron chi connectivity index (χ2n) is 7.71. The van der Waals surface area contributed by atoms with Crippen LogP contribution in [-0.4, -0.2) is 88.5 Å². The molecule has 31 heavy (non-hydrogen) atoms. The van der Waals surface area contributed by atoms with Crippen molar-refractivity contribution in [2.75, 3.05) is 40.4 Å². The molecule has 10 nitrogen and oxygen atoms in total. The Morgan fingerprint density at radius 2 is 1.90 bits per heavy atom. The first-order valence-corrected chi connectivity index (χ1v) is 10.0. The topological polar surface area (TPSA) is 113 Å². The Morgan fingerprint density at radius 3 is 2.48 bits per heavy atom. The molecule has 3 heterocycles. The van der Waals surface area contributed by atoms with Gasteiger partial charge in [-0.2, -0.15) is 13.2 Å². The van der Waals surface area contributed by atoms with E-state index in [-0.39, 0.29) is 6.03 Å². The van der Waals surface area contributed by atoms with E-state index in [1.807, 2.05) is 4.68 Å². The van der Waals surface area contributed by atoms with Gasteiger partial charge in [0.25, 0.3) is 0 Å². The number of rotatable bonds is 4. The van der Waals surface area contributed by atoms with Gasteiger partial charge in [-0.25, -0.2) is 14.3 Å². The molecular formula is C18H29F3N6O4. The predicted molar refractivity (Wildman–Crippen MR) is 103 cm³/mol. The van der Waals surface area contributed by atoms with Gasteiger partial charge in [0.2, 0.25) is 0 Å². The predicted octanol–water partition coefficient (Wildman–Crippen LogP) is 1.31. The lowest BCUT2D eigenvalue weighted by Crippen LogP contribution is -2.35. The van der Waals surface area contributed by atoms with Gasteiger partial charge in [0.15, 0.2) is 0 Å². The van der Waals surface area contributed by atoms with Crippen molar-refractivity contribution in [3.63, 3.8) is 0 Å². The first-order valence-electron chi connectivity index (χ1n) is 10.0. The van der Waals surface area contributed by atoms with Gasteiger partial charge < -0.3 is 20.1 Å². The molecule has 2 aliphatic rings. The number of carbonyl (C=O) groups excluding carboxylic acids is 1. The van der Waals surface area contributed by atoms with E-state index >= 15 is 0 Å². The smallest absolute Gasteiger partial charge is 0.475 e. The normalized spacial score (nSPS) is 17.7. The van der Waals surface area contributed by atoms with Gasteiger partial charge in [0.05, 0.1) is 12.2 Å². The molecule has 3 rings (SSSR count). The average Bonchev–Trinajstić information content (AvgIpc) is 2.96. The summed E-state index contributed by atoms with van der Waals surface area (Å²) >= 11 is 0. The first-order chi connectivity index (χ1) is 14.6. The van der Waals surface area contributed by atoms with E-state index in [1.165, 1.54) is 4.90 Å². The number of hydrogen-bond donors (Lipinski definition) is 2. The number of aryl methyl sites for hydroxylation is 1. The molecule has 0 unspecified atom stereocenters. The maximum Gasteiger partial charge on any atom is 0.490 e. The fourth-order valence-electron chi connectivity index (χ4n) is 3.36. The number of nitrogens with one attached hydrogen (secondary N) is 1. The van der Waals surface area contributed by atoms with Gasteiger partial charge in [0.1, 0.15) is 5.69 Å². The van der Waals surface area contributed by atoms with Gasteiger partial charge in [-0.15, -0.1) is 5.10 Å². The number of alkyl halides is 3. The van der Waals surface area contributed by atoms with Crippen LogP contribution in [0.25, 0.3) is 0 Å². The quantitative estimate of drug-likeness (QED) is 0.711. The maximum atomic E-state index is 11.7. The minimum atomic E-state index is -5.08. The fourth-order valence-corrected chi connectivity index (χ4v) is 3.36. The van der Waals surface area contributed by atoms with Gasteiger partial charge in [-0.3, -0.25) is 4.90 Å². The zero-order valence-electron chi connectivity index (χ0n) is 17.7. The van der Waals surface area contributed by atoms with Crippen molar-refractivity contribution in [2.45, 2.75) is 45.1 Å². The molecule has 176 valence electrons. The third-order valence-electron chi connectivity index (χ3n) is 5.05. The van der Waals surface area contributed by atoms with Gasteiger partial charge in [0, 0.05) is 53.5 Å². The first kappa shape index (κ1) is 24.9. The zero-order chi connectivity index (χ0) is 23.0. The molecule has 2 aliphatic heterocycles. The molecule has 2 amide bonds. The summed E-state index contributed by atoms with van der Waals surface area (Å²) in [6.45, 7) is 6.16. The molecule has 1 fully saturated rings. The summed E-state index contributed by atoms with van der Waals surface area (Å²) in [6.07, 6.45) is -1.69. The number of nitrogens with zero attached hydrogens (tertiary/aromatic N) is 5. The van der Waals surface area contributed by atoms with Crippen molar-refractivity contribution in [1.29, 1.82) is 0 Å². The van der Waals surface area contributed by atoms with Gasteiger partial charge in [-0.05, 0) is 25.2 Å². The highest BCUT2D eigenvalue weighted by Gasteiger charge is 2.38. The molecule has 0 radical (unpaired) electrons. The minimum absolute atomic E-state index is 0.107. The number of amides is 2. The second kappa shape index (κ2) is 11.3. The molecule has 0 aromatic carbocycles. The Bertz CT molecular complexity index is 734. The number of carbonyl (C=O) groups is 2. The second-order valence-corrected chi connectivity index (χ2v) is 7.71. The van der Waals surface area contributed by atoms with Crippen molar-refractivity contribution in [3.8, 4) is 0 Å². The highest BCUT2D eigenvalue weighted by Crippen LogP contribution is 2.20. The molecule has 1 saturated heterocycles. The number of carboxylic acids is 1. The van der Waals surface area contributed by atoms with Crippen LogP contribution in [0.15, 0.2) is 0 Å². The monoisotopic (exact) mass is 450 g/mol. The SMILES string of the molecule is CN(C)C(=O)NCc1nnn2c1CN(CC1CCOCC1)CCC2.O=C(O)C(F)(F)F. The van der Waals surface area contributed by atoms with E-state index in [4.69, 9.17) is 14.6 Å². The number of aliphatic carboxylic acids is 1. The molecule has 0 bridgehead atoms. The Hall–Kier alpha value is -2.41. The van der Waals surface area contributed by atoms with Crippen LogP contribution in [0.2, 0.25) is 0 Å². The summed E-state index contributed by atoms with van der Waals surface area (Å²) in [7, 11) is 3.47. The maximum absolute atomic E-state index is 11.7. The molecule has 0 saturated carbocycles. The molecule has 13 heteroatoms. The molecular weight excluding hydrogens is 421 g/mol. The zero-order valence-corrected chi connectivity index (χ0v) is 17.7. The largest absolute Gasteiger partial charge is 0.490 e. The van der Waals surface area contributed by atoms with E-state index in [1.54, 1.807) is 14.1 Å². The summed E-state index contributed by atoms with van der Waals surface area (Å²) in [6, 6.07) is -0.107. The Balaban J connectivity index is 0.000000423. The van der Waals surface area contributed by atoms with Gasteiger partial charge in [-0.1, -0.05) is 5.21 Å². The third kappa shape index (κ3) is 7.98. The van der Waals surface area contributed by atoms with Crippen LogP contribution in [0.5, 0.6) is 0 Å². The highest BCUT2D eigenvalue weighted by molar-refractivity contribution is 5.73. The van der Waals surface area contributed by atoms with Crippen LogP contribution >= 0.6 is 0 Å². The average molecular weight is 450 g/mol. The Morgan fingerprint density at radius 1 is 1.26 bits per heavy atom. The summed E-state index contributed by atoms with van der Waals surface area (Å²) in [5.41, 5.74) is 2.02. The lowest BCUT2D eigenvalue weighted by Gasteiger charge is -2.28. The lowest BCUT2D eigenvalue weighted by molar-refractivity contribution is -0.192. The number of fused-ring (bicyclic) bond motifs is 1.